The number of hydrogen-bond donors (Lipinski definition) is 0. The number of rotatable bonds is 5. The third-order valence-electron chi connectivity index (χ3n) is 5.34. The van der Waals surface area contributed by atoms with Crippen molar-refractivity contribution >= 4 is 22.6 Å². The summed E-state index contributed by atoms with van der Waals surface area (Å²) in [6.45, 7) is 3.83. The summed E-state index contributed by atoms with van der Waals surface area (Å²) in [4.78, 5) is 49.4. The molecular weight excluding hydrogens is 406 g/mol. The van der Waals surface area contributed by atoms with Crippen molar-refractivity contribution in [2.45, 2.75) is 20.4 Å². The van der Waals surface area contributed by atoms with Crippen molar-refractivity contribution < 1.29 is 4.79 Å². The summed E-state index contributed by atoms with van der Waals surface area (Å²) >= 11 is 0. The SMILES string of the molecule is CCN(C(=O)Cn1c(=O)c2cnc(-c3ccccc3)nc2n(C)c1=O)c1cccc(C)c1. The molecule has 4 aromatic rings. The van der Waals surface area contributed by atoms with Crippen LogP contribution in [0.1, 0.15) is 12.5 Å². The molecule has 0 radical (unpaired) electrons. The topological polar surface area (TPSA) is 90.1 Å². The van der Waals surface area contributed by atoms with Gasteiger partial charge in [0.2, 0.25) is 5.91 Å². The molecule has 0 saturated heterocycles. The van der Waals surface area contributed by atoms with Gasteiger partial charge in [-0.3, -0.25) is 18.7 Å². The first-order valence-corrected chi connectivity index (χ1v) is 10.3. The number of aromatic nitrogens is 4. The molecule has 0 aliphatic carbocycles. The highest BCUT2D eigenvalue weighted by Crippen LogP contribution is 2.17. The van der Waals surface area contributed by atoms with E-state index in [4.69, 9.17) is 0 Å². The van der Waals surface area contributed by atoms with Crippen LogP contribution >= 0.6 is 0 Å². The van der Waals surface area contributed by atoms with Crippen LogP contribution in [0.5, 0.6) is 0 Å². The second kappa shape index (κ2) is 8.58. The van der Waals surface area contributed by atoms with Gasteiger partial charge in [0, 0.05) is 31.0 Å². The van der Waals surface area contributed by atoms with Gasteiger partial charge < -0.3 is 4.90 Å². The van der Waals surface area contributed by atoms with Crippen molar-refractivity contribution in [2.24, 2.45) is 7.05 Å². The Kier molecular flexibility index (Phi) is 5.68. The number of carbonyl (C=O) groups is 1. The molecule has 2 aromatic heterocycles. The minimum Gasteiger partial charge on any atom is -0.311 e. The second-order valence-electron chi connectivity index (χ2n) is 7.51. The van der Waals surface area contributed by atoms with E-state index in [2.05, 4.69) is 9.97 Å². The van der Waals surface area contributed by atoms with Gasteiger partial charge in [-0.25, -0.2) is 14.8 Å². The minimum absolute atomic E-state index is 0.179. The van der Waals surface area contributed by atoms with E-state index in [-0.39, 0.29) is 23.5 Å². The molecule has 1 amide bonds. The van der Waals surface area contributed by atoms with E-state index < -0.39 is 11.2 Å². The summed E-state index contributed by atoms with van der Waals surface area (Å²) in [6, 6.07) is 16.8. The molecule has 0 spiro atoms. The zero-order valence-corrected chi connectivity index (χ0v) is 18.1. The Labute approximate surface area is 184 Å². The average Bonchev–Trinajstić information content (AvgIpc) is 2.81. The average molecular weight is 429 g/mol. The predicted molar refractivity (Wildman–Crippen MR) is 124 cm³/mol. The first-order valence-electron chi connectivity index (χ1n) is 10.3. The minimum atomic E-state index is -0.603. The standard InChI is InChI=1S/C24H23N5O3/c1-4-28(18-12-8-9-16(2)13-18)20(30)15-29-23(31)19-14-25-21(17-10-6-5-7-11-17)26-22(19)27(3)24(29)32/h5-14H,4,15H2,1-3H3. The Morgan fingerprint density at radius 1 is 1.06 bits per heavy atom. The maximum absolute atomic E-state index is 13.1. The summed E-state index contributed by atoms with van der Waals surface area (Å²) in [5.41, 5.74) is 1.55. The second-order valence-corrected chi connectivity index (χ2v) is 7.51. The zero-order chi connectivity index (χ0) is 22.8. The van der Waals surface area contributed by atoms with Gasteiger partial charge in [-0.2, -0.15) is 0 Å². The quantitative estimate of drug-likeness (QED) is 0.486. The molecule has 0 bridgehead atoms. The molecule has 8 nitrogen and oxygen atoms in total. The molecule has 2 aromatic carbocycles. The Morgan fingerprint density at radius 2 is 1.81 bits per heavy atom. The number of anilines is 1. The number of hydrogen-bond acceptors (Lipinski definition) is 5. The monoisotopic (exact) mass is 429 g/mol. The Bertz CT molecular complexity index is 1420. The first-order chi connectivity index (χ1) is 15.4. The van der Waals surface area contributed by atoms with Gasteiger partial charge in [-0.15, -0.1) is 0 Å². The van der Waals surface area contributed by atoms with E-state index in [1.54, 1.807) is 4.90 Å². The van der Waals surface area contributed by atoms with E-state index >= 15 is 0 Å². The lowest BCUT2D eigenvalue weighted by Gasteiger charge is -2.22. The van der Waals surface area contributed by atoms with E-state index in [1.807, 2.05) is 68.4 Å². The van der Waals surface area contributed by atoms with Crippen LogP contribution in [0, 0.1) is 6.92 Å². The molecule has 8 heteroatoms. The van der Waals surface area contributed by atoms with Crippen LogP contribution in [-0.4, -0.2) is 31.6 Å². The molecule has 162 valence electrons. The number of aryl methyl sites for hydroxylation is 2. The van der Waals surface area contributed by atoms with Crippen LogP contribution in [0.4, 0.5) is 5.69 Å². The first kappa shape index (κ1) is 21.2. The Morgan fingerprint density at radius 3 is 2.50 bits per heavy atom. The molecule has 0 aliphatic heterocycles. The highest BCUT2D eigenvalue weighted by atomic mass is 16.2. The van der Waals surface area contributed by atoms with Gasteiger partial charge in [-0.05, 0) is 31.5 Å². The van der Waals surface area contributed by atoms with Crippen molar-refractivity contribution in [3.63, 3.8) is 0 Å². The lowest BCUT2D eigenvalue weighted by Crippen LogP contribution is -2.44. The predicted octanol–water partition coefficient (Wildman–Crippen LogP) is 2.52. The van der Waals surface area contributed by atoms with Crippen LogP contribution in [-0.2, 0) is 18.4 Å². The number of carbonyl (C=O) groups excluding carboxylic acids is 1. The van der Waals surface area contributed by atoms with Gasteiger partial charge in [0.25, 0.3) is 5.56 Å². The molecule has 0 saturated carbocycles. The van der Waals surface area contributed by atoms with E-state index in [9.17, 15) is 14.4 Å². The van der Waals surface area contributed by atoms with Crippen molar-refractivity contribution in [3.8, 4) is 11.4 Å². The lowest BCUT2D eigenvalue weighted by molar-refractivity contribution is -0.119. The van der Waals surface area contributed by atoms with Gasteiger partial charge >= 0.3 is 5.69 Å². The summed E-state index contributed by atoms with van der Waals surface area (Å²) in [7, 11) is 1.53. The molecule has 2 heterocycles. The lowest BCUT2D eigenvalue weighted by atomic mass is 10.2. The smallest absolute Gasteiger partial charge is 0.311 e. The van der Waals surface area contributed by atoms with E-state index in [0.717, 1.165) is 21.4 Å². The number of amides is 1. The molecule has 0 aliphatic rings. The van der Waals surface area contributed by atoms with Crippen molar-refractivity contribution in [1.29, 1.82) is 0 Å². The van der Waals surface area contributed by atoms with Crippen LogP contribution in [0.25, 0.3) is 22.4 Å². The number of fused-ring (bicyclic) bond motifs is 1. The Hall–Kier alpha value is -4.07. The highest BCUT2D eigenvalue weighted by molar-refractivity contribution is 5.93. The largest absolute Gasteiger partial charge is 0.332 e. The van der Waals surface area contributed by atoms with Crippen LogP contribution in [0.15, 0.2) is 70.4 Å². The van der Waals surface area contributed by atoms with Crippen LogP contribution in [0.2, 0.25) is 0 Å². The third-order valence-corrected chi connectivity index (χ3v) is 5.34. The summed E-state index contributed by atoms with van der Waals surface area (Å²) < 4.78 is 2.22. The number of likely N-dealkylation sites (N-methyl/N-ethyl adjacent to an activating group) is 1. The van der Waals surface area contributed by atoms with Gasteiger partial charge in [0.05, 0.1) is 0 Å². The maximum Gasteiger partial charge on any atom is 0.332 e. The molecule has 4 rings (SSSR count). The highest BCUT2D eigenvalue weighted by Gasteiger charge is 2.20. The fraction of sp³-hybridized carbons (Fsp3) is 0.208. The molecular formula is C24H23N5O3. The summed E-state index contributed by atoms with van der Waals surface area (Å²) in [5.74, 6) is 0.0661. The van der Waals surface area contributed by atoms with Gasteiger partial charge in [0.1, 0.15) is 11.9 Å². The fourth-order valence-corrected chi connectivity index (χ4v) is 3.67. The maximum atomic E-state index is 13.1. The van der Waals surface area contributed by atoms with Crippen molar-refractivity contribution in [3.05, 3.63) is 87.2 Å². The fourth-order valence-electron chi connectivity index (χ4n) is 3.67. The zero-order valence-electron chi connectivity index (χ0n) is 18.1. The van der Waals surface area contributed by atoms with Crippen molar-refractivity contribution in [2.75, 3.05) is 11.4 Å². The molecule has 32 heavy (non-hydrogen) atoms. The molecule has 0 N–H and O–H groups in total. The Balaban J connectivity index is 1.76. The van der Waals surface area contributed by atoms with Crippen LogP contribution < -0.4 is 16.1 Å². The molecule has 0 fully saturated rings. The van der Waals surface area contributed by atoms with Crippen molar-refractivity contribution in [1.82, 2.24) is 19.1 Å². The number of benzene rings is 2. The van der Waals surface area contributed by atoms with Gasteiger partial charge in [0.15, 0.2) is 11.5 Å². The summed E-state index contributed by atoms with van der Waals surface area (Å²) in [5, 5.41) is 0.179. The van der Waals surface area contributed by atoms with Crippen LogP contribution in [0.3, 0.4) is 0 Å². The third kappa shape index (κ3) is 3.82. The van der Waals surface area contributed by atoms with Gasteiger partial charge in [-0.1, -0.05) is 42.5 Å². The van der Waals surface area contributed by atoms with E-state index in [1.165, 1.54) is 17.8 Å². The number of nitrogens with zero attached hydrogens (tertiary/aromatic N) is 5. The van der Waals surface area contributed by atoms with E-state index in [0.29, 0.717) is 12.4 Å². The molecule has 0 unspecified atom stereocenters. The molecule has 0 atom stereocenters. The normalized spacial score (nSPS) is 11.0. The summed E-state index contributed by atoms with van der Waals surface area (Å²) in [6.07, 6.45) is 1.41.